The van der Waals surface area contributed by atoms with Gasteiger partial charge in [0.1, 0.15) is 0 Å². The second kappa shape index (κ2) is 7.20. The molecule has 6 nitrogen and oxygen atoms in total. The van der Waals surface area contributed by atoms with Crippen LogP contribution < -0.4 is 10.2 Å². The second-order valence-electron chi connectivity index (χ2n) is 7.34. The average Bonchev–Trinajstić information content (AvgIpc) is 3.29. The van der Waals surface area contributed by atoms with Crippen molar-refractivity contribution in [1.29, 1.82) is 0 Å². The van der Waals surface area contributed by atoms with Crippen molar-refractivity contribution in [3.05, 3.63) is 64.2 Å². The third-order valence-electron chi connectivity index (χ3n) is 5.27. The zero-order valence-electron chi connectivity index (χ0n) is 16.0. The number of amides is 3. The van der Waals surface area contributed by atoms with Crippen LogP contribution in [0.1, 0.15) is 55.0 Å². The SMILES string of the molecule is Cc1ccc(C)c(N2C(=O)c3ccc(C(=O)NC[C@@H]4CCCO4)cc3C2=O)c1. The molecule has 2 aliphatic rings. The van der Waals surface area contributed by atoms with Crippen LogP contribution in [0.3, 0.4) is 0 Å². The minimum atomic E-state index is -0.400. The molecular weight excluding hydrogens is 356 g/mol. The maximum atomic E-state index is 13.0. The number of anilines is 1. The largest absolute Gasteiger partial charge is 0.376 e. The van der Waals surface area contributed by atoms with Crippen LogP contribution >= 0.6 is 0 Å². The average molecular weight is 378 g/mol. The highest BCUT2D eigenvalue weighted by atomic mass is 16.5. The number of imide groups is 1. The molecule has 1 saturated heterocycles. The summed E-state index contributed by atoms with van der Waals surface area (Å²) in [5.41, 5.74) is 3.33. The number of hydrogen-bond donors (Lipinski definition) is 1. The van der Waals surface area contributed by atoms with Crippen LogP contribution in [0, 0.1) is 13.8 Å². The third kappa shape index (κ3) is 3.20. The van der Waals surface area contributed by atoms with Gasteiger partial charge < -0.3 is 10.1 Å². The summed E-state index contributed by atoms with van der Waals surface area (Å²) >= 11 is 0. The fraction of sp³-hybridized carbons (Fsp3) is 0.318. The summed E-state index contributed by atoms with van der Waals surface area (Å²) in [6.45, 7) is 4.95. The van der Waals surface area contributed by atoms with Crippen LogP contribution in [0.5, 0.6) is 0 Å². The molecule has 0 spiro atoms. The van der Waals surface area contributed by atoms with E-state index in [1.807, 2.05) is 32.0 Å². The van der Waals surface area contributed by atoms with Gasteiger partial charge in [-0.1, -0.05) is 12.1 Å². The Kier molecular flexibility index (Phi) is 4.73. The summed E-state index contributed by atoms with van der Waals surface area (Å²) < 4.78 is 5.51. The molecule has 2 heterocycles. The Balaban J connectivity index is 1.58. The number of aryl methyl sites for hydroxylation is 2. The van der Waals surface area contributed by atoms with Gasteiger partial charge in [-0.05, 0) is 62.1 Å². The molecule has 0 aliphatic carbocycles. The zero-order valence-corrected chi connectivity index (χ0v) is 16.0. The first-order valence-electron chi connectivity index (χ1n) is 9.45. The fourth-order valence-electron chi connectivity index (χ4n) is 3.68. The van der Waals surface area contributed by atoms with Gasteiger partial charge in [-0.25, -0.2) is 4.90 Å². The summed E-state index contributed by atoms with van der Waals surface area (Å²) in [6, 6.07) is 10.3. The molecule has 1 atom stereocenters. The van der Waals surface area contributed by atoms with Gasteiger partial charge in [0, 0.05) is 18.7 Å². The van der Waals surface area contributed by atoms with E-state index in [1.54, 1.807) is 12.1 Å². The van der Waals surface area contributed by atoms with Crippen LogP contribution in [-0.4, -0.2) is 37.0 Å². The first-order valence-corrected chi connectivity index (χ1v) is 9.45. The lowest BCUT2D eigenvalue weighted by molar-refractivity contribution is 0.0857. The van der Waals surface area contributed by atoms with Crippen molar-refractivity contribution in [1.82, 2.24) is 5.32 Å². The molecule has 0 saturated carbocycles. The van der Waals surface area contributed by atoms with Gasteiger partial charge in [0.15, 0.2) is 0 Å². The molecule has 0 aromatic heterocycles. The third-order valence-corrected chi connectivity index (χ3v) is 5.27. The summed E-state index contributed by atoms with van der Waals surface area (Å²) in [4.78, 5) is 39.5. The zero-order chi connectivity index (χ0) is 19.8. The molecule has 4 rings (SSSR count). The Morgan fingerprint density at radius 3 is 2.64 bits per heavy atom. The number of benzene rings is 2. The number of fused-ring (bicyclic) bond motifs is 1. The number of nitrogens with one attached hydrogen (secondary N) is 1. The van der Waals surface area contributed by atoms with Crippen molar-refractivity contribution in [2.24, 2.45) is 0 Å². The highest BCUT2D eigenvalue weighted by molar-refractivity contribution is 6.35. The van der Waals surface area contributed by atoms with E-state index >= 15 is 0 Å². The minimum Gasteiger partial charge on any atom is -0.376 e. The topological polar surface area (TPSA) is 75.7 Å². The van der Waals surface area contributed by atoms with Crippen molar-refractivity contribution >= 4 is 23.4 Å². The van der Waals surface area contributed by atoms with E-state index in [0.717, 1.165) is 30.6 Å². The van der Waals surface area contributed by atoms with Crippen molar-refractivity contribution < 1.29 is 19.1 Å². The van der Waals surface area contributed by atoms with Gasteiger partial charge in [0.2, 0.25) is 0 Å². The Hall–Kier alpha value is -2.99. The van der Waals surface area contributed by atoms with Crippen molar-refractivity contribution in [3.63, 3.8) is 0 Å². The molecule has 0 unspecified atom stereocenters. The maximum Gasteiger partial charge on any atom is 0.266 e. The van der Waals surface area contributed by atoms with E-state index in [-0.39, 0.29) is 23.5 Å². The maximum absolute atomic E-state index is 13.0. The number of carbonyl (C=O) groups excluding carboxylic acids is 3. The van der Waals surface area contributed by atoms with Gasteiger partial charge in [0.25, 0.3) is 17.7 Å². The number of rotatable bonds is 4. The second-order valence-corrected chi connectivity index (χ2v) is 7.34. The summed E-state index contributed by atoms with van der Waals surface area (Å²) in [6.07, 6.45) is 1.98. The van der Waals surface area contributed by atoms with Gasteiger partial charge in [-0.15, -0.1) is 0 Å². The summed E-state index contributed by atoms with van der Waals surface area (Å²) in [5.74, 6) is -1.04. The van der Waals surface area contributed by atoms with Gasteiger partial charge in [-0.3, -0.25) is 14.4 Å². The molecule has 144 valence electrons. The van der Waals surface area contributed by atoms with Crippen LogP contribution in [-0.2, 0) is 4.74 Å². The van der Waals surface area contributed by atoms with Crippen molar-refractivity contribution in [2.45, 2.75) is 32.8 Å². The molecule has 2 aliphatic heterocycles. The molecule has 28 heavy (non-hydrogen) atoms. The Bertz CT molecular complexity index is 976. The smallest absolute Gasteiger partial charge is 0.266 e. The number of ether oxygens (including phenoxy) is 1. The quantitative estimate of drug-likeness (QED) is 0.830. The van der Waals surface area contributed by atoms with Gasteiger partial charge in [0.05, 0.1) is 22.9 Å². The first-order chi connectivity index (χ1) is 13.5. The van der Waals surface area contributed by atoms with Crippen LogP contribution in [0.25, 0.3) is 0 Å². The predicted molar refractivity (Wildman–Crippen MR) is 105 cm³/mol. The molecular formula is C22H22N2O4. The standard InChI is InChI=1S/C22H22N2O4/c1-13-5-6-14(2)19(10-13)24-21(26)17-8-7-15(11-18(17)22(24)27)20(25)23-12-16-4-3-9-28-16/h5-8,10-11,16H,3-4,9,12H2,1-2H3,(H,23,25)/t16-/m0/s1. The fourth-order valence-corrected chi connectivity index (χ4v) is 3.68. The molecule has 2 aromatic rings. The van der Waals surface area contributed by atoms with E-state index in [1.165, 1.54) is 11.0 Å². The number of nitrogens with zero attached hydrogens (tertiary/aromatic N) is 1. The molecule has 0 bridgehead atoms. The summed E-state index contributed by atoms with van der Waals surface area (Å²) in [7, 11) is 0. The van der Waals surface area contributed by atoms with E-state index < -0.39 is 5.91 Å². The van der Waals surface area contributed by atoms with Gasteiger partial charge >= 0.3 is 0 Å². The molecule has 1 fully saturated rings. The Morgan fingerprint density at radius 2 is 1.89 bits per heavy atom. The molecule has 0 radical (unpaired) electrons. The van der Waals surface area contributed by atoms with E-state index in [2.05, 4.69) is 5.32 Å². The van der Waals surface area contributed by atoms with Gasteiger partial charge in [-0.2, -0.15) is 0 Å². The molecule has 1 N–H and O–H groups in total. The highest BCUT2D eigenvalue weighted by Gasteiger charge is 2.37. The molecule has 6 heteroatoms. The normalized spacial score (nSPS) is 18.5. The number of hydrogen-bond acceptors (Lipinski definition) is 4. The van der Waals surface area contributed by atoms with E-state index in [0.29, 0.717) is 23.4 Å². The monoisotopic (exact) mass is 378 g/mol. The summed E-state index contributed by atoms with van der Waals surface area (Å²) in [5, 5.41) is 2.84. The molecule has 3 amide bonds. The van der Waals surface area contributed by atoms with E-state index in [4.69, 9.17) is 4.74 Å². The predicted octanol–water partition coefficient (Wildman–Crippen LogP) is 3.01. The lowest BCUT2D eigenvalue weighted by Gasteiger charge is -2.17. The van der Waals surface area contributed by atoms with Crippen molar-refractivity contribution in [3.8, 4) is 0 Å². The lowest BCUT2D eigenvalue weighted by Crippen LogP contribution is -2.32. The number of carbonyl (C=O) groups is 3. The van der Waals surface area contributed by atoms with Crippen molar-refractivity contribution in [2.75, 3.05) is 18.1 Å². The van der Waals surface area contributed by atoms with Crippen LogP contribution in [0.15, 0.2) is 36.4 Å². The van der Waals surface area contributed by atoms with Crippen LogP contribution in [0.2, 0.25) is 0 Å². The molecule has 2 aromatic carbocycles. The van der Waals surface area contributed by atoms with E-state index in [9.17, 15) is 14.4 Å². The minimum absolute atomic E-state index is 0.0429. The Morgan fingerprint density at radius 1 is 1.11 bits per heavy atom. The Labute approximate surface area is 163 Å². The first kappa shape index (κ1) is 18.4. The highest BCUT2D eigenvalue weighted by Crippen LogP contribution is 2.31. The lowest BCUT2D eigenvalue weighted by atomic mass is 10.1. The van der Waals surface area contributed by atoms with Crippen LogP contribution in [0.4, 0.5) is 5.69 Å².